The van der Waals surface area contributed by atoms with Gasteiger partial charge in [-0.2, -0.15) is 0 Å². The maximum atomic E-state index is 13.5. The van der Waals surface area contributed by atoms with Crippen LogP contribution < -0.4 is 18.9 Å². The molecule has 2 aromatic carbocycles. The molecular weight excluding hydrogens is 540 g/mol. The zero-order valence-electron chi connectivity index (χ0n) is 24.4. The van der Waals surface area contributed by atoms with Crippen molar-refractivity contribution in [3.63, 3.8) is 0 Å². The van der Waals surface area contributed by atoms with Crippen LogP contribution in [0.5, 0.6) is 23.0 Å². The number of Topliss-reactive ketones (excluding diaryl/α,β-unsaturated/α-hetero) is 1. The lowest BCUT2D eigenvalue weighted by atomic mass is 9.94. The summed E-state index contributed by atoms with van der Waals surface area (Å²) < 4.78 is 28.4. The molecule has 1 atom stereocenters. The Balaban J connectivity index is 1.48. The van der Waals surface area contributed by atoms with E-state index in [0.717, 1.165) is 38.9 Å². The van der Waals surface area contributed by atoms with Crippen molar-refractivity contribution in [3.8, 4) is 23.0 Å². The molecule has 1 N–H and O–H groups in total. The standard InChI is InChI=1S/C32H40N2O8/c1-3-4-5-15-40-24-9-7-22(20-26(24)38-2)29-28(30(35)23-8-10-25-27(21-23)42-19-18-41-25)31(36)32(37)34(29)12-6-11-33-13-16-39-17-14-33/h7-10,20-21,29,35H,3-6,11-19H2,1-2H3. The molecule has 2 aromatic rings. The molecule has 0 aliphatic carbocycles. The molecule has 3 heterocycles. The van der Waals surface area contributed by atoms with Crippen molar-refractivity contribution in [3.05, 3.63) is 53.1 Å². The van der Waals surface area contributed by atoms with Gasteiger partial charge in [0.25, 0.3) is 11.7 Å². The third-order valence-corrected chi connectivity index (χ3v) is 7.84. The van der Waals surface area contributed by atoms with Crippen LogP contribution in [0, 0.1) is 0 Å². The van der Waals surface area contributed by atoms with Crippen molar-refractivity contribution >= 4 is 17.4 Å². The largest absolute Gasteiger partial charge is 0.507 e. The number of fused-ring (bicyclic) bond motifs is 1. The van der Waals surface area contributed by atoms with Gasteiger partial charge in [0.2, 0.25) is 0 Å². The second-order valence-electron chi connectivity index (χ2n) is 10.6. The van der Waals surface area contributed by atoms with E-state index in [1.165, 1.54) is 0 Å². The van der Waals surface area contributed by atoms with Crippen molar-refractivity contribution in [2.75, 3.05) is 66.3 Å². The first-order valence-electron chi connectivity index (χ1n) is 14.8. The quantitative estimate of drug-likeness (QED) is 0.171. The number of ketones is 1. The second kappa shape index (κ2) is 13.9. The van der Waals surface area contributed by atoms with Crippen LogP contribution in [0.1, 0.15) is 49.8 Å². The predicted molar refractivity (Wildman–Crippen MR) is 156 cm³/mol. The van der Waals surface area contributed by atoms with E-state index in [4.69, 9.17) is 23.7 Å². The van der Waals surface area contributed by atoms with Gasteiger partial charge in [0.15, 0.2) is 23.0 Å². The molecule has 0 bridgehead atoms. The molecule has 1 amide bonds. The summed E-state index contributed by atoms with van der Waals surface area (Å²) >= 11 is 0. The van der Waals surface area contributed by atoms with E-state index in [2.05, 4.69) is 11.8 Å². The van der Waals surface area contributed by atoms with Gasteiger partial charge in [0, 0.05) is 31.7 Å². The number of hydrogen-bond donors (Lipinski definition) is 1. The fraction of sp³-hybridized carbons (Fsp3) is 0.500. The summed E-state index contributed by atoms with van der Waals surface area (Å²) in [4.78, 5) is 30.9. The van der Waals surface area contributed by atoms with Crippen molar-refractivity contribution in [2.45, 2.75) is 38.6 Å². The molecule has 10 nitrogen and oxygen atoms in total. The maximum absolute atomic E-state index is 13.5. The van der Waals surface area contributed by atoms with Gasteiger partial charge in [-0.15, -0.1) is 0 Å². The lowest BCUT2D eigenvalue weighted by Crippen LogP contribution is -2.39. The first-order chi connectivity index (χ1) is 20.5. The highest BCUT2D eigenvalue weighted by molar-refractivity contribution is 6.46. The monoisotopic (exact) mass is 580 g/mol. The number of nitrogens with zero attached hydrogens (tertiary/aromatic N) is 2. The average Bonchev–Trinajstić information content (AvgIpc) is 3.28. The van der Waals surface area contributed by atoms with Crippen LogP contribution in [0.25, 0.3) is 5.76 Å². The van der Waals surface area contributed by atoms with Crippen LogP contribution in [0.15, 0.2) is 42.0 Å². The Morgan fingerprint density at radius 1 is 0.929 bits per heavy atom. The number of carbonyl (C=O) groups excluding carboxylic acids is 2. The Kier molecular flexibility index (Phi) is 9.86. The number of hydrogen-bond acceptors (Lipinski definition) is 9. The number of unbranched alkanes of at least 4 members (excludes halogenated alkanes) is 2. The van der Waals surface area contributed by atoms with E-state index in [1.807, 2.05) is 6.07 Å². The summed E-state index contributed by atoms with van der Waals surface area (Å²) in [6.45, 7) is 7.69. The number of methoxy groups -OCH3 is 1. The number of morpholine rings is 1. The Morgan fingerprint density at radius 2 is 1.71 bits per heavy atom. The van der Waals surface area contributed by atoms with Crippen LogP contribution in [0.3, 0.4) is 0 Å². The maximum Gasteiger partial charge on any atom is 0.295 e. The van der Waals surface area contributed by atoms with Crippen LogP contribution in [-0.4, -0.2) is 92.9 Å². The van der Waals surface area contributed by atoms with Gasteiger partial charge >= 0.3 is 0 Å². The molecule has 2 fully saturated rings. The Labute approximate surface area is 246 Å². The van der Waals surface area contributed by atoms with Crippen LogP contribution in [0.4, 0.5) is 0 Å². The first kappa shape index (κ1) is 29.7. The Bertz CT molecular complexity index is 1300. The smallest absolute Gasteiger partial charge is 0.295 e. The minimum atomic E-state index is -0.800. The second-order valence-corrected chi connectivity index (χ2v) is 10.6. The summed E-state index contributed by atoms with van der Waals surface area (Å²) in [6, 6.07) is 9.63. The van der Waals surface area contributed by atoms with Crippen molar-refractivity contribution in [2.24, 2.45) is 0 Å². The fourth-order valence-corrected chi connectivity index (χ4v) is 5.60. The van der Waals surface area contributed by atoms with Crippen LogP contribution in [-0.2, 0) is 14.3 Å². The molecule has 226 valence electrons. The average molecular weight is 581 g/mol. The zero-order chi connectivity index (χ0) is 29.5. The Morgan fingerprint density at radius 3 is 2.48 bits per heavy atom. The highest BCUT2D eigenvalue weighted by atomic mass is 16.6. The third kappa shape index (κ3) is 6.50. The SMILES string of the molecule is CCCCCOc1ccc(C2C(=C(O)c3ccc4c(c3)OCCO4)C(=O)C(=O)N2CCCN2CCOCC2)cc1OC. The van der Waals surface area contributed by atoms with E-state index in [0.29, 0.717) is 80.1 Å². The van der Waals surface area contributed by atoms with Crippen molar-refractivity contribution < 1.29 is 38.4 Å². The minimum absolute atomic E-state index is 0.0294. The number of aliphatic hydroxyl groups is 1. The number of carbonyl (C=O) groups is 2. The lowest BCUT2D eigenvalue weighted by Gasteiger charge is -2.29. The van der Waals surface area contributed by atoms with E-state index >= 15 is 0 Å². The molecule has 5 rings (SSSR count). The van der Waals surface area contributed by atoms with Crippen molar-refractivity contribution in [1.29, 1.82) is 0 Å². The summed E-state index contributed by atoms with van der Waals surface area (Å²) in [6.07, 6.45) is 3.76. The summed E-state index contributed by atoms with van der Waals surface area (Å²) in [5.41, 5.74) is 1.05. The zero-order valence-corrected chi connectivity index (χ0v) is 24.4. The molecular formula is C32H40N2O8. The molecule has 3 aliphatic rings. The van der Waals surface area contributed by atoms with Gasteiger partial charge in [0.05, 0.1) is 38.5 Å². The highest BCUT2D eigenvalue weighted by Crippen LogP contribution is 2.43. The fourth-order valence-electron chi connectivity index (χ4n) is 5.60. The molecule has 1 unspecified atom stereocenters. The van der Waals surface area contributed by atoms with Gasteiger partial charge in [0.1, 0.15) is 19.0 Å². The number of benzene rings is 2. The molecule has 10 heteroatoms. The summed E-state index contributed by atoms with van der Waals surface area (Å²) in [5, 5.41) is 11.5. The van der Waals surface area contributed by atoms with Gasteiger partial charge in [-0.05, 0) is 48.7 Å². The first-order valence-corrected chi connectivity index (χ1v) is 14.8. The number of likely N-dealkylation sites (tertiary alicyclic amines) is 1. The summed E-state index contributed by atoms with van der Waals surface area (Å²) in [5.74, 6) is 0.517. The number of amides is 1. The minimum Gasteiger partial charge on any atom is -0.507 e. The lowest BCUT2D eigenvalue weighted by molar-refractivity contribution is -0.140. The third-order valence-electron chi connectivity index (χ3n) is 7.84. The van der Waals surface area contributed by atoms with Gasteiger partial charge < -0.3 is 33.7 Å². The van der Waals surface area contributed by atoms with E-state index in [1.54, 1.807) is 42.3 Å². The number of ether oxygens (including phenoxy) is 5. The molecule has 0 spiro atoms. The molecule has 0 aromatic heterocycles. The topological polar surface area (TPSA) is 107 Å². The number of aliphatic hydroxyl groups excluding tert-OH is 1. The van der Waals surface area contributed by atoms with E-state index in [-0.39, 0.29) is 11.3 Å². The number of rotatable bonds is 12. The molecule has 0 saturated carbocycles. The van der Waals surface area contributed by atoms with Gasteiger partial charge in [-0.1, -0.05) is 25.8 Å². The molecule has 3 aliphatic heterocycles. The van der Waals surface area contributed by atoms with Gasteiger partial charge in [-0.25, -0.2) is 0 Å². The highest BCUT2D eigenvalue weighted by Gasteiger charge is 2.46. The van der Waals surface area contributed by atoms with E-state index < -0.39 is 17.7 Å². The molecule has 42 heavy (non-hydrogen) atoms. The summed E-state index contributed by atoms with van der Waals surface area (Å²) in [7, 11) is 1.56. The molecule has 0 radical (unpaired) electrons. The predicted octanol–water partition coefficient (Wildman–Crippen LogP) is 4.18. The van der Waals surface area contributed by atoms with Gasteiger partial charge in [-0.3, -0.25) is 14.5 Å². The van der Waals surface area contributed by atoms with Crippen molar-refractivity contribution in [1.82, 2.24) is 9.80 Å². The van der Waals surface area contributed by atoms with Crippen LogP contribution in [0.2, 0.25) is 0 Å². The van der Waals surface area contributed by atoms with Crippen LogP contribution >= 0.6 is 0 Å². The molecule has 2 saturated heterocycles. The Hall–Kier alpha value is -3.76. The normalized spacial score (nSPS) is 20.1. The van der Waals surface area contributed by atoms with E-state index in [9.17, 15) is 14.7 Å².